The number of piperidine rings is 1. The predicted octanol–water partition coefficient (Wildman–Crippen LogP) is 4.28. The normalized spacial score (nSPS) is 18.6. The number of aliphatic hydroxyl groups is 2. The summed E-state index contributed by atoms with van der Waals surface area (Å²) in [7, 11) is 0. The second-order valence-corrected chi connectivity index (χ2v) is 7.53. The van der Waals surface area contributed by atoms with Gasteiger partial charge < -0.3 is 15.1 Å². The minimum atomic E-state index is -0.783. The fraction of sp³-hybridized carbons (Fsp3) is 0.429. The number of aliphatic hydroxyl groups excluding tert-OH is 1. The summed E-state index contributed by atoms with van der Waals surface area (Å²) in [6.07, 6.45) is 2.32. The number of likely N-dealkylation sites (tertiary alicyclic amines) is 1. The molecular formula is C21H25ClFNO2. The van der Waals surface area contributed by atoms with Crippen molar-refractivity contribution in [3.8, 4) is 0 Å². The van der Waals surface area contributed by atoms with E-state index >= 15 is 0 Å². The molecule has 1 atom stereocenters. The lowest BCUT2D eigenvalue weighted by Crippen LogP contribution is -2.42. The van der Waals surface area contributed by atoms with E-state index in [4.69, 9.17) is 11.6 Å². The van der Waals surface area contributed by atoms with Gasteiger partial charge in [-0.1, -0.05) is 35.9 Å². The van der Waals surface area contributed by atoms with Crippen molar-refractivity contribution in [2.75, 3.05) is 19.6 Å². The van der Waals surface area contributed by atoms with Crippen LogP contribution in [0.4, 0.5) is 4.39 Å². The minimum absolute atomic E-state index is 0.289. The van der Waals surface area contributed by atoms with E-state index in [0.717, 1.165) is 37.2 Å². The number of hydrogen-bond acceptors (Lipinski definition) is 3. The van der Waals surface area contributed by atoms with Crippen molar-refractivity contribution in [3.05, 3.63) is 70.5 Å². The first-order valence-electron chi connectivity index (χ1n) is 9.11. The Morgan fingerprint density at radius 1 is 1.04 bits per heavy atom. The molecule has 0 aromatic heterocycles. The van der Waals surface area contributed by atoms with Gasteiger partial charge in [0.05, 0.1) is 11.7 Å². The quantitative estimate of drug-likeness (QED) is 0.782. The van der Waals surface area contributed by atoms with Crippen LogP contribution in [0.2, 0.25) is 5.02 Å². The van der Waals surface area contributed by atoms with Crippen LogP contribution in [0, 0.1) is 5.82 Å². The molecule has 1 aliphatic heterocycles. The lowest BCUT2D eigenvalue weighted by molar-refractivity contribution is -0.0266. The van der Waals surface area contributed by atoms with Crippen LogP contribution in [0.15, 0.2) is 48.5 Å². The number of rotatable bonds is 6. The van der Waals surface area contributed by atoms with Crippen LogP contribution in [0.3, 0.4) is 0 Å². The zero-order chi connectivity index (χ0) is 18.6. The van der Waals surface area contributed by atoms with Crippen LogP contribution in [0.1, 0.15) is 42.9 Å². The fourth-order valence-electron chi connectivity index (χ4n) is 3.56. The monoisotopic (exact) mass is 383 g/mol. The summed E-state index contributed by atoms with van der Waals surface area (Å²) in [6, 6.07) is 13.5. The van der Waals surface area contributed by atoms with Gasteiger partial charge in [-0.25, -0.2) is 4.39 Å². The highest BCUT2D eigenvalue weighted by atomic mass is 35.5. The molecule has 0 spiro atoms. The van der Waals surface area contributed by atoms with Crippen LogP contribution in [0.25, 0.3) is 0 Å². The van der Waals surface area contributed by atoms with Gasteiger partial charge >= 0.3 is 0 Å². The van der Waals surface area contributed by atoms with Gasteiger partial charge in [-0.15, -0.1) is 0 Å². The topological polar surface area (TPSA) is 43.7 Å². The predicted molar refractivity (Wildman–Crippen MR) is 102 cm³/mol. The average molecular weight is 384 g/mol. The van der Waals surface area contributed by atoms with Crippen molar-refractivity contribution in [2.24, 2.45) is 0 Å². The largest absolute Gasteiger partial charge is 0.388 e. The molecular weight excluding hydrogens is 359 g/mol. The van der Waals surface area contributed by atoms with E-state index in [1.807, 2.05) is 24.3 Å². The third kappa shape index (κ3) is 4.83. The molecule has 3 rings (SSSR count). The van der Waals surface area contributed by atoms with Crippen molar-refractivity contribution >= 4 is 11.6 Å². The highest BCUT2D eigenvalue weighted by Gasteiger charge is 2.33. The van der Waals surface area contributed by atoms with Gasteiger partial charge in [0, 0.05) is 18.1 Å². The fourth-order valence-corrected chi connectivity index (χ4v) is 3.68. The standard InChI is InChI=1S/C21H25ClFNO2/c22-18-7-5-17(6-8-18)21(26)11-14-24(15-12-21)13-1-2-20(25)16-3-9-19(23)10-4-16/h3-10,20,25-26H,1-2,11-15H2/i5+1,6+1,7+1,8+1,17+1,18+1. The van der Waals surface area contributed by atoms with Gasteiger partial charge in [0.2, 0.25) is 0 Å². The first-order chi connectivity index (χ1) is 12.5. The van der Waals surface area contributed by atoms with Crippen LogP contribution < -0.4 is 0 Å². The second-order valence-electron chi connectivity index (χ2n) is 7.09. The van der Waals surface area contributed by atoms with E-state index in [-0.39, 0.29) is 5.82 Å². The molecule has 5 heteroatoms. The highest BCUT2D eigenvalue weighted by molar-refractivity contribution is 6.30. The van der Waals surface area contributed by atoms with Crippen LogP contribution in [-0.4, -0.2) is 34.7 Å². The van der Waals surface area contributed by atoms with Crippen LogP contribution in [0.5, 0.6) is 0 Å². The van der Waals surface area contributed by atoms with E-state index in [0.29, 0.717) is 24.3 Å². The highest BCUT2D eigenvalue weighted by Crippen LogP contribution is 2.33. The third-order valence-corrected chi connectivity index (χ3v) is 5.52. The molecule has 2 aromatic carbocycles. The number of halogens is 2. The van der Waals surface area contributed by atoms with Crippen molar-refractivity contribution in [2.45, 2.75) is 37.4 Å². The first-order valence-corrected chi connectivity index (χ1v) is 9.48. The van der Waals surface area contributed by atoms with Gasteiger partial charge in [0.1, 0.15) is 5.82 Å². The minimum Gasteiger partial charge on any atom is -0.388 e. The summed E-state index contributed by atoms with van der Waals surface area (Å²) in [4.78, 5) is 2.32. The number of nitrogens with zero attached hydrogens (tertiary/aromatic N) is 1. The summed E-state index contributed by atoms with van der Waals surface area (Å²) < 4.78 is 12.9. The maximum Gasteiger partial charge on any atom is 0.123 e. The summed E-state index contributed by atoms with van der Waals surface area (Å²) in [5.41, 5.74) is 0.893. The van der Waals surface area contributed by atoms with E-state index in [2.05, 4.69) is 4.90 Å². The zero-order valence-electron chi connectivity index (χ0n) is 14.7. The molecule has 2 aromatic rings. The Balaban J connectivity index is 1.44. The smallest absolute Gasteiger partial charge is 0.123 e. The summed E-state index contributed by atoms with van der Waals surface area (Å²) >= 11 is 5.92. The molecule has 2 N–H and O–H groups in total. The van der Waals surface area contributed by atoms with Crippen molar-refractivity contribution in [1.29, 1.82) is 0 Å². The molecule has 1 fully saturated rings. The Morgan fingerprint density at radius 3 is 2.27 bits per heavy atom. The molecule has 1 unspecified atom stereocenters. The third-order valence-electron chi connectivity index (χ3n) is 5.27. The van der Waals surface area contributed by atoms with Gasteiger partial charge in [-0.05, 0) is 67.6 Å². The zero-order valence-corrected chi connectivity index (χ0v) is 15.5. The lowest BCUT2D eigenvalue weighted by Gasteiger charge is -2.38. The Labute approximate surface area is 159 Å². The number of hydrogen-bond donors (Lipinski definition) is 2. The molecule has 1 saturated heterocycles. The summed E-state index contributed by atoms with van der Waals surface area (Å²) in [5, 5.41) is 21.8. The van der Waals surface area contributed by atoms with Crippen molar-refractivity contribution < 1.29 is 14.6 Å². The van der Waals surface area contributed by atoms with Crippen molar-refractivity contribution in [3.63, 3.8) is 0 Å². The molecule has 0 saturated carbocycles. The van der Waals surface area contributed by atoms with Gasteiger partial charge in [-0.3, -0.25) is 0 Å². The SMILES string of the molecule is OC(CCCN1CCC(O)([13c]2[13cH][13cH][13c](Cl)[13cH][13cH]2)CC1)c1ccc(F)cc1. The molecule has 3 nitrogen and oxygen atoms in total. The van der Waals surface area contributed by atoms with Gasteiger partial charge in [0.25, 0.3) is 0 Å². The van der Waals surface area contributed by atoms with E-state index in [1.165, 1.54) is 12.1 Å². The summed E-state index contributed by atoms with van der Waals surface area (Å²) in [5.74, 6) is -0.289. The van der Waals surface area contributed by atoms with E-state index in [9.17, 15) is 14.6 Å². The average Bonchev–Trinajstić information content (AvgIpc) is 2.64. The maximum absolute atomic E-state index is 12.9. The van der Waals surface area contributed by atoms with Crippen molar-refractivity contribution in [1.82, 2.24) is 4.90 Å². The molecule has 0 bridgehead atoms. The molecule has 140 valence electrons. The maximum atomic E-state index is 12.9. The Hall–Kier alpha value is -1.46. The second kappa shape index (κ2) is 8.49. The molecule has 1 heterocycles. The Bertz CT molecular complexity index is 697. The molecule has 0 amide bonds. The van der Waals surface area contributed by atoms with Gasteiger partial charge in [-0.2, -0.15) is 0 Å². The Kier molecular flexibility index (Phi) is 6.30. The van der Waals surface area contributed by atoms with E-state index < -0.39 is 11.7 Å². The Morgan fingerprint density at radius 2 is 1.65 bits per heavy atom. The molecule has 0 radical (unpaired) electrons. The molecule has 1 aliphatic rings. The first kappa shape index (κ1) is 19.3. The van der Waals surface area contributed by atoms with Crippen LogP contribution >= 0.6 is 11.6 Å². The lowest BCUT2D eigenvalue weighted by atomic mass is 9.97. The van der Waals surface area contributed by atoms with Gasteiger partial charge in [0.15, 0.2) is 0 Å². The molecule has 26 heavy (non-hydrogen) atoms. The molecule has 0 aliphatic carbocycles. The summed E-state index contributed by atoms with van der Waals surface area (Å²) in [6.45, 7) is 2.53. The van der Waals surface area contributed by atoms with Crippen LogP contribution in [-0.2, 0) is 5.60 Å². The number of benzene rings is 2. The van der Waals surface area contributed by atoms with E-state index in [1.54, 1.807) is 12.1 Å².